The fourth-order valence-corrected chi connectivity index (χ4v) is 3.81. The Morgan fingerprint density at radius 2 is 1.83 bits per heavy atom. The lowest BCUT2D eigenvalue weighted by Gasteiger charge is -2.20. The number of fused-ring (bicyclic) bond motifs is 2. The summed E-state index contributed by atoms with van der Waals surface area (Å²) in [7, 11) is 0. The second-order valence-corrected chi connectivity index (χ2v) is 7.14. The predicted molar refractivity (Wildman–Crippen MR) is 103 cm³/mol. The molecule has 0 radical (unpaired) electrons. The number of imide groups is 1. The summed E-state index contributed by atoms with van der Waals surface area (Å²) in [6, 6.07) is 9.19. The molecular formula is C20H13ClF3N3O3. The molecule has 2 N–H and O–H groups in total. The summed E-state index contributed by atoms with van der Waals surface area (Å²) < 4.78 is 39.1. The van der Waals surface area contributed by atoms with E-state index >= 15 is 0 Å². The lowest BCUT2D eigenvalue weighted by atomic mass is 9.92. The fourth-order valence-electron chi connectivity index (χ4n) is 3.59. The maximum Gasteiger partial charge on any atom is 0.417 e. The Balaban J connectivity index is 1.63. The number of alkyl halides is 3. The Labute approximate surface area is 173 Å². The Bertz CT molecular complexity index is 1120. The zero-order valence-electron chi connectivity index (χ0n) is 15.1. The maximum atomic E-state index is 13.1. The Morgan fingerprint density at radius 1 is 1.10 bits per heavy atom. The molecule has 2 heterocycles. The molecule has 154 valence electrons. The van der Waals surface area contributed by atoms with Gasteiger partial charge in [0.2, 0.25) is 5.54 Å². The third-order valence-corrected chi connectivity index (χ3v) is 5.26. The second kappa shape index (κ2) is 6.88. The average molecular weight is 436 g/mol. The van der Waals surface area contributed by atoms with Gasteiger partial charge in [-0.1, -0.05) is 48.0 Å². The molecule has 0 unspecified atom stereocenters. The highest BCUT2D eigenvalue weighted by atomic mass is 35.5. The molecule has 1 fully saturated rings. The Hall–Kier alpha value is -3.33. The van der Waals surface area contributed by atoms with E-state index in [1.807, 2.05) is 0 Å². The standard InChI is InChI=1S/C20H13ClF3N3O3/c21-14-8-7-11(10-13(14)20(22,23)24)4-3-9-27-15-6-2-1-5-12(15)19(17(27)29)16(28)25-18(30)26-19/h1-8,10H,9H2,(H2,25,26,28,30)/b4-3+/t19-/m0/s1. The summed E-state index contributed by atoms with van der Waals surface area (Å²) in [4.78, 5) is 38.4. The minimum absolute atomic E-state index is 0.0231. The van der Waals surface area contributed by atoms with Crippen molar-refractivity contribution in [1.29, 1.82) is 0 Å². The molecule has 0 aliphatic carbocycles. The minimum Gasteiger partial charge on any atom is -0.312 e. The fraction of sp³-hybridized carbons (Fsp3) is 0.150. The number of urea groups is 1. The summed E-state index contributed by atoms with van der Waals surface area (Å²) in [5, 5.41) is 4.07. The van der Waals surface area contributed by atoms with Crippen molar-refractivity contribution in [1.82, 2.24) is 10.6 Å². The number of hydrogen-bond acceptors (Lipinski definition) is 3. The molecular weight excluding hydrogens is 423 g/mol. The van der Waals surface area contributed by atoms with Gasteiger partial charge in [-0.3, -0.25) is 14.9 Å². The number of nitrogens with zero attached hydrogens (tertiary/aromatic N) is 1. The molecule has 4 rings (SSSR count). The molecule has 2 aliphatic heterocycles. The first-order valence-corrected chi connectivity index (χ1v) is 9.11. The summed E-state index contributed by atoms with van der Waals surface area (Å²) >= 11 is 5.62. The van der Waals surface area contributed by atoms with Gasteiger partial charge in [0.25, 0.3) is 11.8 Å². The van der Waals surface area contributed by atoms with E-state index in [0.29, 0.717) is 11.3 Å². The average Bonchev–Trinajstić information content (AvgIpc) is 3.11. The minimum atomic E-state index is -4.59. The van der Waals surface area contributed by atoms with Crippen molar-refractivity contribution in [2.45, 2.75) is 11.7 Å². The largest absolute Gasteiger partial charge is 0.417 e. The van der Waals surface area contributed by atoms with Gasteiger partial charge in [-0.15, -0.1) is 0 Å². The van der Waals surface area contributed by atoms with E-state index in [0.717, 1.165) is 12.1 Å². The third kappa shape index (κ3) is 3.02. The van der Waals surface area contributed by atoms with Crippen molar-refractivity contribution in [3.05, 3.63) is 70.3 Å². The highest BCUT2D eigenvalue weighted by Crippen LogP contribution is 2.42. The molecule has 6 nitrogen and oxygen atoms in total. The van der Waals surface area contributed by atoms with Crippen LogP contribution in [-0.2, 0) is 21.3 Å². The zero-order valence-corrected chi connectivity index (χ0v) is 15.8. The smallest absolute Gasteiger partial charge is 0.312 e. The predicted octanol–water partition coefficient (Wildman–Crippen LogP) is 3.45. The molecule has 0 bridgehead atoms. The lowest BCUT2D eigenvalue weighted by molar-refractivity contribution is -0.137. The highest BCUT2D eigenvalue weighted by molar-refractivity contribution is 6.31. The molecule has 2 aromatic carbocycles. The molecule has 1 saturated heterocycles. The lowest BCUT2D eigenvalue weighted by Crippen LogP contribution is -2.52. The van der Waals surface area contributed by atoms with Crippen LogP contribution in [0.3, 0.4) is 0 Å². The summed E-state index contributed by atoms with van der Waals surface area (Å²) in [6.45, 7) is -0.0231. The molecule has 1 atom stereocenters. The van der Waals surface area contributed by atoms with E-state index in [1.54, 1.807) is 24.3 Å². The van der Waals surface area contributed by atoms with Gasteiger partial charge in [0.15, 0.2) is 0 Å². The number of benzene rings is 2. The highest BCUT2D eigenvalue weighted by Gasteiger charge is 2.60. The van der Waals surface area contributed by atoms with Gasteiger partial charge in [-0.25, -0.2) is 4.79 Å². The first kappa shape index (κ1) is 20.0. The van der Waals surface area contributed by atoms with Crippen LogP contribution in [0.1, 0.15) is 16.7 Å². The quantitative estimate of drug-likeness (QED) is 0.572. The SMILES string of the molecule is O=C1NC(=O)[C@]2(N1)C(=O)N(C/C=C/c1ccc(Cl)c(C(F)(F)F)c1)c1ccccc12. The molecule has 30 heavy (non-hydrogen) atoms. The molecule has 2 aliphatic rings. The number of carbonyl (C=O) groups excluding carboxylic acids is 3. The van der Waals surface area contributed by atoms with Gasteiger partial charge in [-0.05, 0) is 23.8 Å². The molecule has 2 aromatic rings. The van der Waals surface area contributed by atoms with Crippen molar-refractivity contribution in [3.63, 3.8) is 0 Å². The van der Waals surface area contributed by atoms with Gasteiger partial charge < -0.3 is 10.2 Å². The van der Waals surface area contributed by atoms with E-state index < -0.39 is 40.1 Å². The number of anilines is 1. The van der Waals surface area contributed by atoms with Crippen LogP contribution in [0.2, 0.25) is 5.02 Å². The molecule has 4 amide bonds. The van der Waals surface area contributed by atoms with Crippen LogP contribution in [0, 0.1) is 0 Å². The van der Waals surface area contributed by atoms with Gasteiger partial charge in [-0.2, -0.15) is 13.2 Å². The van der Waals surface area contributed by atoms with Crippen molar-refractivity contribution in [2.75, 3.05) is 11.4 Å². The molecule has 0 aromatic heterocycles. The van der Waals surface area contributed by atoms with Crippen LogP contribution in [0.15, 0.2) is 48.5 Å². The first-order chi connectivity index (χ1) is 14.1. The van der Waals surface area contributed by atoms with Crippen molar-refractivity contribution in [3.8, 4) is 0 Å². The van der Waals surface area contributed by atoms with Gasteiger partial charge in [0, 0.05) is 12.1 Å². The van der Waals surface area contributed by atoms with E-state index in [-0.39, 0.29) is 12.1 Å². The number of rotatable bonds is 3. The van der Waals surface area contributed by atoms with Crippen LogP contribution >= 0.6 is 11.6 Å². The topological polar surface area (TPSA) is 78.5 Å². The summed E-state index contributed by atoms with van der Waals surface area (Å²) in [5.74, 6) is -1.42. The first-order valence-electron chi connectivity index (χ1n) is 8.73. The van der Waals surface area contributed by atoms with Crippen molar-refractivity contribution in [2.24, 2.45) is 0 Å². The molecule has 1 spiro atoms. The normalized spacial score (nSPS) is 20.8. The van der Waals surface area contributed by atoms with E-state index in [4.69, 9.17) is 11.6 Å². The summed E-state index contributed by atoms with van der Waals surface area (Å²) in [6.07, 6.45) is -1.68. The van der Waals surface area contributed by atoms with Gasteiger partial charge in [0.05, 0.1) is 16.3 Å². The molecule has 0 saturated carbocycles. The van der Waals surface area contributed by atoms with Crippen LogP contribution in [-0.4, -0.2) is 24.4 Å². The van der Waals surface area contributed by atoms with Gasteiger partial charge in [0.1, 0.15) is 0 Å². The van der Waals surface area contributed by atoms with Crippen LogP contribution in [0.25, 0.3) is 6.08 Å². The van der Waals surface area contributed by atoms with Gasteiger partial charge >= 0.3 is 12.2 Å². The number of nitrogens with one attached hydrogen (secondary N) is 2. The van der Waals surface area contributed by atoms with E-state index in [1.165, 1.54) is 23.1 Å². The molecule has 10 heteroatoms. The van der Waals surface area contributed by atoms with E-state index in [9.17, 15) is 27.6 Å². The number of para-hydroxylation sites is 1. The second-order valence-electron chi connectivity index (χ2n) is 6.73. The third-order valence-electron chi connectivity index (χ3n) is 4.93. The van der Waals surface area contributed by atoms with Crippen LogP contribution < -0.4 is 15.5 Å². The van der Waals surface area contributed by atoms with Crippen LogP contribution in [0.5, 0.6) is 0 Å². The van der Waals surface area contributed by atoms with Crippen LogP contribution in [0.4, 0.5) is 23.7 Å². The monoisotopic (exact) mass is 435 g/mol. The number of carbonyl (C=O) groups is 3. The zero-order chi connectivity index (χ0) is 21.7. The van der Waals surface area contributed by atoms with E-state index in [2.05, 4.69) is 10.6 Å². The number of halogens is 4. The van der Waals surface area contributed by atoms with Crippen molar-refractivity contribution >= 4 is 41.2 Å². The maximum absolute atomic E-state index is 13.1. The number of hydrogen-bond donors (Lipinski definition) is 2. The Kier molecular flexibility index (Phi) is 4.58. The van der Waals surface area contributed by atoms with Crippen molar-refractivity contribution < 1.29 is 27.6 Å². The Morgan fingerprint density at radius 3 is 2.50 bits per heavy atom. The number of amides is 4. The summed E-state index contributed by atoms with van der Waals surface area (Å²) in [5.41, 5.74) is -1.80.